The van der Waals surface area contributed by atoms with E-state index < -0.39 is 0 Å². The summed E-state index contributed by atoms with van der Waals surface area (Å²) in [5.74, 6) is 0.320. The van der Waals surface area contributed by atoms with Crippen molar-refractivity contribution in [1.29, 1.82) is 0 Å². The minimum Gasteiger partial charge on any atom is -0.381 e. The largest absolute Gasteiger partial charge is 0.381 e. The van der Waals surface area contributed by atoms with Gasteiger partial charge in [0.2, 0.25) is 0 Å². The van der Waals surface area contributed by atoms with Gasteiger partial charge in [0.25, 0.3) is 0 Å². The van der Waals surface area contributed by atoms with Crippen LogP contribution in [0.25, 0.3) is 0 Å². The Morgan fingerprint density at radius 1 is 1.43 bits per heavy atom. The van der Waals surface area contributed by atoms with Gasteiger partial charge in [-0.2, -0.15) is 0 Å². The second-order valence-corrected chi connectivity index (χ2v) is 3.28. The van der Waals surface area contributed by atoms with Crippen LogP contribution in [0.15, 0.2) is 30.4 Å². The molecule has 0 amide bonds. The molecule has 0 aromatic heterocycles. The molecule has 1 aromatic carbocycles. The summed E-state index contributed by atoms with van der Waals surface area (Å²) in [6.45, 7) is 2.40. The molecular weight excluding hydrogens is 201 g/mol. The molecule has 0 aliphatic rings. The Morgan fingerprint density at radius 3 is 2.86 bits per heavy atom. The number of nitrogens with one attached hydrogen (secondary N) is 1. The molecule has 76 valence electrons. The van der Waals surface area contributed by atoms with Crippen LogP contribution in [0.2, 0.25) is 0 Å². The van der Waals surface area contributed by atoms with E-state index in [9.17, 15) is 4.39 Å². The smallest absolute Gasteiger partial charge is 0.128 e. The van der Waals surface area contributed by atoms with Gasteiger partial charge >= 0.3 is 0 Å². The van der Waals surface area contributed by atoms with Gasteiger partial charge in [0.15, 0.2) is 0 Å². The molecule has 1 rings (SSSR count). The Balaban J connectivity index is 2.51. The summed E-state index contributed by atoms with van der Waals surface area (Å²) in [6, 6.07) is 5.10. The molecule has 0 unspecified atom stereocenters. The van der Waals surface area contributed by atoms with E-state index in [2.05, 4.69) is 5.32 Å². The minimum absolute atomic E-state index is 0.184. The maximum absolute atomic E-state index is 13.1. The molecular formula is C11H13ClFN. The maximum atomic E-state index is 13.1. The highest BCUT2D eigenvalue weighted by molar-refractivity contribution is 6.18. The van der Waals surface area contributed by atoms with Crippen LogP contribution in [0.1, 0.15) is 5.56 Å². The third-order valence-electron chi connectivity index (χ3n) is 1.85. The minimum atomic E-state index is -0.184. The fraction of sp³-hybridized carbons (Fsp3) is 0.273. The van der Waals surface area contributed by atoms with Gasteiger partial charge in [-0.05, 0) is 24.6 Å². The summed E-state index contributed by atoms with van der Waals surface area (Å²) >= 11 is 5.45. The van der Waals surface area contributed by atoms with Gasteiger partial charge in [0.05, 0.1) is 0 Å². The number of alkyl halides is 1. The number of benzene rings is 1. The number of anilines is 1. The first-order chi connectivity index (χ1) is 6.74. The molecule has 0 atom stereocenters. The molecule has 0 aliphatic heterocycles. The monoisotopic (exact) mass is 213 g/mol. The van der Waals surface area contributed by atoms with Crippen molar-refractivity contribution in [3.8, 4) is 0 Å². The van der Waals surface area contributed by atoms with Crippen LogP contribution in [-0.4, -0.2) is 12.4 Å². The Hall–Kier alpha value is -1.02. The highest BCUT2D eigenvalue weighted by atomic mass is 35.5. The number of rotatable bonds is 4. The Labute approximate surface area is 88.6 Å². The van der Waals surface area contributed by atoms with E-state index in [4.69, 9.17) is 11.6 Å². The normalized spacial score (nSPS) is 10.8. The lowest BCUT2D eigenvalue weighted by Crippen LogP contribution is -1.98. The zero-order chi connectivity index (χ0) is 10.4. The van der Waals surface area contributed by atoms with Gasteiger partial charge in [-0.3, -0.25) is 0 Å². The average molecular weight is 214 g/mol. The molecule has 1 N–H and O–H groups in total. The van der Waals surface area contributed by atoms with E-state index in [1.54, 1.807) is 13.0 Å². The van der Waals surface area contributed by atoms with E-state index in [1.165, 1.54) is 6.07 Å². The lowest BCUT2D eigenvalue weighted by atomic mass is 10.2. The topological polar surface area (TPSA) is 12.0 Å². The Morgan fingerprint density at radius 2 is 2.21 bits per heavy atom. The van der Waals surface area contributed by atoms with Gasteiger partial charge < -0.3 is 5.32 Å². The Bertz CT molecular complexity index is 323. The molecule has 0 radical (unpaired) electrons. The summed E-state index contributed by atoms with van der Waals surface area (Å²) in [6.07, 6.45) is 3.75. The van der Waals surface area contributed by atoms with E-state index in [0.29, 0.717) is 18.0 Å². The average Bonchev–Trinajstić information content (AvgIpc) is 2.18. The van der Waals surface area contributed by atoms with Crippen LogP contribution in [0, 0.1) is 12.7 Å². The third-order valence-corrected chi connectivity index (χ3v) is 2.03. The maximum Gasteiger partial charge on any atom is 0.128 e. The van der Waals surface area contributed by atoms with Gasteiger partial charge in [-0.1, -0.05) is 18.2 Å². The lowest BCUT2D eigenvalue weighted by Gasteiger charge is -2.04. The van der Waals surface area contributed by atoms with Crippen molar-refractivity contribution in [2.45, 2.75) is 6.92 Å². The zero-order valence-electron chi connectivity index (χ0n) is 8.06. The number of hydrogen-bond donors (Lipinski definition) is 1. The third kappa shape index (κ3) is 3.38. The predicted octanol–water partition coefficient (Wildman–Crippen LogP) is 3.34. The number of allylic oxidation sites excluding steroid dienone is 1. The van der Waals surface area contributed by atoms with Crippen molar-refractivity contribution in [3.05, 3.63) is 41.7 Å². The second kappa shape index (κ2) is 5.66. The van der Waals surface area contributed by atoms with Crippen molar-refractivity contribution in [1.82, 2.24) is 0 Å². The quantitative estimate of drug-likeness (QED) is 0.598. The molecule has 0 spiro atoms. The van der Waals surface area contributed by atoms with Gasteiger partial charge in [-0.15, -0.1) is 11.6 Å². The van der Waals surface area contributed by atoms with Crippen molar-refractivity contribution in [2.75, 3.05) is 17.7 Å². The Kier molecular flexibility index (Phi) is 4.47. The standard InChI is InChI=1S/C11H13ClFN/c1-9-4-5-10(8-11(9)13)14-7-3-2-6-12/h2-5,8,14H,6-7H2,1H3/b3-2+. The summed E-state index contributed by atoms with van der Waals surface area (Å²) in [5.41, 5.74) is 1.44. The molecule has 0 saturated carbocycles. The molecule has 1 nitrogen and oxygen atoms in total. The SMILES string of the molecule is Cc1ccc(NC/C=C/CCl)cc1F. The van der Waals surface area contributed by atoms with Crippen LogP contribution >= 0.6 is 11.6 Å². The molecule has 0 heterocycles. The van der Waals surface area contributed by atoms with Crippen molar-refractivity contribution >= 4 is 17.3 Å². The molecule has 14 heavy (non-hydrogen) atoms. The van der Waals surface area contributed by atoms with Crippen molar-refractivity contribution in [3.63, 3.8) is 0 Å². The highest BCUT2D eigenvalue weighted by Gasteiger charge is 1.97. The van der Waals surface area contributed by atoms with Crippen LogP contribution in [-0.2, 0) is 0 Å². The number of halogens is 2. The molecule has 1 aromatic rings. The molecule has 0 saturated heterocycles. The highest BCUT2D eigenvalue weighted by Crippen LogP contribution is 2.12. The van der Waals surface area contributed by atoms with Gasteiger partial charge in [0.1, 0.15) is 5.82 Å². The van der Waals surface area contributed by atoms with Gasteiger partial charge in [-0.25, -0.2) is 4.39 Å². The second-order valence-electron chi connectivity index (χ2n) is 2.97. The van der Waals surface area contributed by atoms with Crippen LogP contribution in [0.4, 0.5) is 10.1 Å². The predicted molar refractivity (Wildman–Crippen MR) is 59.5 cm³/mol. The summed E-state index contributed by atoms with van der Waals surface area (Å²) in [4.78, 5) is 0. The van der Waals surface area contributed by atoms with Crippen molar-refractivity contribution < 1.29 is 4.39 Å². The van der Waals surface area contributed by atoms with E-state index in [-0.39, 0.29) is 5.82 Å². The fourth-order valence-electron chi connectivity index (χ4n) is 1.03. The molecule has 0 aliphatic carbocycles. The van der Waals surface area contributed by atoms with E-state index >= 15 is 0 Å². The van der Waals surface area contributed by atoms with Crippen LogP contribution in [0.5, 0.6) is 0 Å². The first-order valence-electron chi connectivity index (χ1n) is 4.45. The van der Waals surface area contributed by atoms with E-state index in [1.807, 2.05) is 18.2 Å². The van der Waals surface area contributed by atoms with Crippen LogP contribution < -0.4 is 5.32 Å². The van der Waals surface area contributed by atoms with E-state index in [0.717, 1.165) is 5.69 Å². The summed E-state index contributed by atoms with van der Waals surface area (Å²) in [7, 11) is 0. The lowest BCUT2D eigenvalue weighted by molar-refractivity contribution is 0.619. The first-order valence-corrected chi connectivity index (χ1v) is 4.98. The van der Waals surface area contributed by atoms with Crippen molar-refractivity contribution in [2.24, 2.45) is 0 Å². The molecule has 3 heteroatoms. The van der Waals surface area contributed by atoms with Crippen LogP contribution in [0.3, 0.4) is 0 Å². The summed E-state index contributed by atoms with van der Waals surface area (Å²) < 4.78 is 13.1. The number of hydrogen-bond acceptors (Lipinski definition) is 1. The number of aryl methyl sites for hydroxylation is 1. The zero-order valence-corrected chi connectivity index (χ0v) is 8.81. The summed E-state index contributed by atoms with van der Waals surface area (Å²) in [5, 5.41) is 3.06. The molecule has 0 bridgehead atoms. The van der Waals surface area contributed by atoms with Gasteiger partial charge in [0, 0.05) is 18.1 Å². The molecule has 0 fully saturated rings. The first kappa shape index (κ1) is 11.1. The fourth-order valence-corrected chi connectivity index (χ4v) is 1.15.